The Kier molecular flexibility index (Phi) is 5.02. The second-order valence-corrected chi connectivity index (χ2v) is 6.79. The highest BCUT2D eigenvalue weighted by Crippen LogP contribution is 2.20. The Balaban J connectivity index is 1.49. The summed E-state index contributed by atoms with van der Waals surface area (Å²) >= 11 is 0. The van der Waals surface area contributed by atoms with Crippen LogP contribution in [0.15, 0.2) is 42.7 Å². The van der Waals surface area contributed by atoms with E-state index in [1.807, 2.05) is 16.9 Å². The van der Waals surface area contributed by atoms with Gasteiger partial charge in [-0.15, -0.1) is 0 Å². The topological polar surface area (TPSA) is 79.3 Å². The normalized spacial score (nSPS) is 16.1. The summed E-state index contributed by atoms with van der Waals surface area (Å²) in [4.78, 5) is 2.28. The molecule has 8 heteroatoms. The first-order valence-corrected chi connectivity index (χ1v) is 9.00. The van der Waals surface area contributed by atoms with Crippen LogP contribution in [0, 0.1) is 5.82 Å². The zero-order valence-electron chi connectivity index (χ0n) is 14.9. The van der Waals surface area contributed by atoms with E-state index in [1.54, 1.807) is 29.1 Å². The van der Waals surface area contributed by atoms with Crippen LogP contribution >= 0.6 is 0 Å². The van der Waals surface area contributed by atoms with E-state index in [4.69, 9.17) is 5.11 Å². The van der Waals surface area contributed by atoms with Gasteiger partial charge in [-0.1, -0.05) is 12.1 Å². The first-order chi connectivity index (χ1) is 13.1. The van der Waals surface area contributed by atoms with Crippen LogP contribution in [-0.4, -0.2) is 47.8 Å². The van der Waals surface area contributed by atoms with E-state index in [9.17, 15) is 9.50 Å². The van der Waals surface area contributed by atoms with Gasteiger partial charge in [-0.2, -0.15) is 10.2 Å². The molecule has 1 atom stereocenters. The first kappa shape index (κ1) is 17.8. The van der Waals surface area contributed by atoms with Crippen molar-refractivity contribution in [2.75, 3.05) is 13.2 Å². The number of benzene rings is 1. The van der Waals surface area contributed by atoms with E-state index in [2.05, 4.69) is 15.1 Å². The summed E-state index contributed by atoms with van der Waals surface area (Å²) in [5.74, 6) is -0.305. The van der Waals surface area contributed by atoms with E-state index in [1.165, 1.54) is 6.07 Å². The quantitative estimate of drug-likeness (QED) is 0.713. The molecule has 3 aromatic rings. The lowest BCUT2D eigenvalue weighted by Crippen LogP contribution is -2.22. The standard InChI is InChI=1S/C19H22FN5O2/c20-16-4-1-2-5-18(16)25-11-14(9-21-25)10-23-6-3-7-24-15(12-23)8-17(22-24)19(27)13-26/h1-2,4-5,8-9,11,19,26-27H,3,6-7,10,12-13H2. The van der Waals surface area contributed by atoms with Crippen LogP contribution in [0.3, 0.4) is 0 Å². The molecular weight excluding hydrogens is 349 g/mol. The molecule has 2 aromatic heterocycles. The molecule has 4 rings (SSSR count). The fourth-order valence-corrected chi connectivity index (χ4v) is 3.41. The van der Waals surface area contributed by atoms with Gasteiger partial charge in [0, 0.05) is 37.9 Å². The van der Waals surface area contributed by atoms with Crippen molar-refractivity contribution >= 4 is 0 Å². The summed E-state index contributed by atoms with van der Waals surface area (Å²) < 4.78 is 17.4. The number of hydrogen-bond acceptors (Lipinski definition) is 5. The van der Waals surface area contributed by atoms with Crippen molar-refractivity contribution in [3.05, 3.63) is 65.5 Å². The Morgan fingerprint density at radius 1 is 1.22 bits per heavy atom. The van der Waals surface area contributed by atoms with Crippen molar-refractivity contribution in [3.63, 3.8) is 0 Å². The average molecular weight is 371 g/mol. The second kappa shape index (κ2) is 7.59. The highest BCUT2D eigenvalue weighted by Gasteiger charge is 2.20. The largest absolute Gasteiger partial charge is 0.393 e. The molecule has 1 aliphatic rings. The molecule has 27 heavy (non-hydrogen) atoms. The number of para-hydroxylation sites is 1. The van der Waals surface area contributed by atoms with Gasteiger partial charge in [0.1, 0.15) is 17.6 Å². The average Bonchev–Trinajstić information content (AvgIpc) is 3.24. The second-order valence-electron chi connectivity index (χ2n) is 6.79. The zero-order chi connectivity index (χ0) is 18.8. The van der Waals surface area contributed by atoms with Gasteiger partial charge in [0.15, 0.2) is 0 Å². The summed E-state index contributed by atoms with van der Waals surface area (Å²) in [6.07, 6.45) is 3.60. The summed E-state index contributed by atoms with van der Waals surface area (Å²) in [5, 5.41) is 27.6. The Morgan fingerprint density at radius 2 is 2.07 bits per heavy atom. The van der Waals surface area contributed by atoms with Crippen molar-refractivity contribution in [2.45, 2.75) is 32.2 Å². The number of aryl methyl sites for hydroxylation is 1. The fraction of sp³-hybridized carbons (Fsp3) is 0.368. The lowest BCUT2D eigenvalue weighted by atomic mass is 10.2. The monoisotopic (exact) mass is 371 g/mol. The molecular formula is C19H22FN5O2. The van der Waals surface area contributed by atoms with Gasteiger partial charge in [-0.25, -0.2) is 9.07 Å². The smallest absolute Gasteiger partial charge is 0.148 e. The number of fused-ring (bicyclic) bond motifs is 1. The van der Waals surface area contributed by atoms with Crippen LogP contribution in [0.1, 0.15) is 29.5 Å². The highest BCUT2D eigenvalue weighted by atomic mass is 19.1. The van der Waals surface area contributed by atoms with Crippen LogP contribution in [0.5, 0.6) is 0 Å². The third kappa shape index (κ3) is 3.78. The lowest BCUT2D eigenvalue weighted by Gasteiger charge is -2.18. The summed E-state index contributed by atoms with van der Waals surface area (Å²) in [7, 11) is 0. The molecule has 0 aliphatic carbocycles. The third-order valence-electron chi connectivity index (χ3n) is 4.77. The Bertz CT molecular complexity index is 922. The number of nitrogens with zero attached hydrogens (tertiary/aromatic N) is 5. The van der Waals surface area contributed by atoms with Crippen LogP contribution in [0.2, 0.25) is 0 Å². The maximum Gasteiger partial charge on any atom is 0.148 e. The van der Waals surface area contributed by atoms with E-state index in [-0.39, 0.29) is 12.4 Å². The van der Waals surface area contributed by atoms with Crippen molar-refractivity contribution < 1.29 is 14.6 Å². The molecule has 0 saturated heterocycles. The molecule has 0 radical (unpaired) electrons. The van der Waals surface area contributed by atoms with Gasteiger partial charge in [-0.3, -0.25) is 9.58 Å². The zero-order valence-corrected chi connectivity index (χ0v) is 14.9. The molecule has 7 nitrogen and oxygen atoms in total. The van der Waals surface area contributed by atoms with E-state index in [0.717, 1.165) is 30.8 Å². The number of rotatable bonds is 5. The highest BCUT2D eigenvalue weighted by molar-refractivity contribution is 5.33. The van der Waals surface area contributed by atoms with E-state index >= 15 is 0 Å². The molecule has 1 unspecified atom stereocenters. The molecule has 0 spiro atoms. The first-order valence-electron chi connectivity index (χ1n) is 9.00. The molecule has 1 aromatic carbocycles. The SMILES string of the molecule is OCC(O)c1cc2n(n1)CCCN(Cc1cnn(-c3ccccc3F)c1)C2. The predicted molar refractivity (Wildman–Crippen MR) is 96.5 cm³/mol. The predicted octanol–water partition coefficient (Wildman–Crippen LogP) is 1.64. The maximum absolute atomic E-state index is 13.9. The van der Waals surface area contributed by atoms with Gasteiger partial charge < -0.3 is 10.2 Å². The molecule has 0 amide bonds. The number of aliphatic hydroxyl groups excluding tert-OH is 2. The van der Waals surface area contributed by atoms with Crippen molar-refractivity contribution in [1.82, 2.24) is 24.5 Å². The van der Waals surface area contributed by atoms with Gasteiger partial charge in [-0.05, 0) is 24.6 Å². The maximum atomic E-state index is 13.9. The lowest BCUT2D eigenvalue weighted by molar-refractivity contribution is 0.0916. The minimum absolute atomic E-state index is 0.305. The number of aliphatic hydroxyl groups is 2. The number of halogens is 1. The minimum Gasteiger partial charge on any atom is -0.393 e. The molecule has 0 fully saturated rings. The summed E-state index contributed by atoms with van der Waals surface area (Å²) in [5.41, 5.74) is 2.94. The molecule has 2 N–H and O–H groups in total. The number of aromatic nitrogens is 4. The van der Waals surface area contributed by atoms with Crippen molar-refractivity contribution in [2.24, 2.45) is 0 Å². The van der Waals surface area contributed by atoms with E-state index < -0.39 is 6.10 Å². The van der Waals surface area contributed by atoms with Crippen molar-refractivity contribution in [1.29, 1.82) is 0 Å². The molecule has 3 heterocycles. The number of hydrogen-bond donors (Lipinski definition) is 2. The molecule has 0 bridgehead atoms. The fourth-order valence-electron chi connectivity index (χ4n) is 3.41. The Hall–Kier alpha value is -2.55. The Morgan fingerprint density at radius 3 is 2.89 bits per heavy atom. The van der Waals surface area contributed by atoms with Crippen LogP contribution in [0.4, 0.5) is 4.39 Å². The van der Waals surface area contributed by atoms with Crippen LogP contribution in [0.25, 0.3) is 5.69 Å². The van der Waals surface area contributed by atoms with Gasteiger partial charge in [0.25, 0.3) is 0 Å². The summed E-state index contributed by atoms with van der Waals surface area (Å²) in [6, 6.07) is 8.41. The molecule has 1 aliphatic heterocycles. The summed E-state index contributed by atoms with van der Waals surface area (Å²) in [6.45, 7) is 2.73. The minimum atomic E-state index is -0.947. The van der Waals surface area contributed by atoms with Crippen LogP contribution < -0.4 is 0 Å². The van der Waals surface area contributed by atoms with Gasteiger partial charge in [0.05, 0.1) is 24.2 Å². The van der Waals surface area contributed by atoms with Crippen molar-refractivity contribution in [3.8, 4) is 5.69 Å². The Labute approximate surface area is 156 Å². The molecule has 142 valence electrons. The third-order valence-corrected chi connectivity index (χ3v) is 4.77. The molecule has 0 saturated carbocycles. The van der Waals surface area contributed by atoms with Gasteiger partial charge in [0.2, 0.25) is 0 Å². The van der Waals surface area contributed by atoms with Crippen LogP contribution in [-0.2, 0) is 19.6 Å². The van der Waals surface area contributed by atoms with Gasteiger partial charge >= 0.3 is 0 Å². The van der Waals surface area contributed by atoms with E-state index in [0.29, 0.717) is 24.5 Å².